The zero-order valence-electron chi connectivity index (χ0n) is 6.93. The van der Waals surface area contributed by atoms with Crippen LogP contribution in [0.15, 0.2) is 16.5 Å². The van der Waals surface area contributed by atoms with Crippen LogP contribution in [0.4, 0.5) is 0 Å². The Morgan fingerprint density at radius 2 is 2.31 bits per heavy atom. The fourth-order valence-electron chi connectivity index (χ4n) is 0.878. The van der Waals surface area contributed by atoms with Crippen molar-refractivity contribution in [2.45, 2.75) is 19.1 Å². The number of hydrogen-bond donors (Lipinski definition) is 2. The largest absolute Gasteiger partial charge is 0.462 e. The van der Waals surface area contributed by atoms with Crippen LogP contribution in [-0.2, 0) is 6.61 Å². The molecule has 1 atom stereocenters. The van der Waals surface area contributed by atoms with Crippen molar-refractivity contribution >= 4 is 12.4 Å². The summed E-state index contributed by atoms with van der Waals surface area (Å²) in [5, 5.41) is 17.0. The lowest BCUT2D eigenvalue weighted by atomic mass is 10.2. The van der Waals surface area contributed by atoms with E-state index in [0.717, 1.165) is 0 Å². The second kappa shape index (κ2) is 5.60. The highest BCUT2D eigenvalue weighted by atomic mass is 35.5. The van der Waals surface area contributed by atoms with Gasteiger partial charge in [-0.05, 0) is 12.1 Å². The molecule has 13 heavy (non-hydrogen) atoms. The Labute approximate surface area is 82.4 Å². The van der Waals surface area contributed by atoms with E-state index in [0.29, 0.717) is 11.5 Å². The molecule has 0 radical (unpaired) electrons. The number of nitrogens with two attached hydrogens (primary N) is 1. The Morgan fingerprint density at radius 1 is 1.62 bits per heavy atom. The number of furan rings is 1. The van der Waals surface area contributed by atoms with Crippen LogP contribution in [0.25, 0.3) is 0 Å². The van der Waals surface area contributed by atoms with E-state index < -0.39 is 6.04 Å². The van der Waals surface area contributed by atoms with Crippen LogP contribution in [0.3, 0.4) is 0 Å². The van der Waals surface area contributed by atoms with E-state index in [-0.39, 0.29) is 25.4 Å². The molecule has 0 unspecified atom stereocenters. The minimum Gasteiger partial charge on any atom is -0.462 e. The van der Waals surface area contributed by atoms with Gasteiger partial charge in [-0.25, -0.2) is 0 Å². The summed E-state index contributed by atoms with van der Waals surface area (Å²) in [7, 11) is 0. The van der Waals surface area contributed by atoms with Gasteiger partial charge in [0.05, 0.1) is 18.5 Å². The number of nitrogens with zero attached hydrogens (tertiary/aromatic N) is 1. The van der Waals surface area contributed by atoms with Gasteiger partial charge < -0.3 is 15.3 Å². The molecule has 0 aliphatic rings. The summed E-state index contributed by atoms with van der Waals surface area (Å²) in [6.45, 7) is -0.140. The second-order valence-electron chi connectivity index (χ2n) is 2.43. The summed E-state index contributed by atoms with van der Waals surface area (Å²) < 4.78 is 5.12. The number of halogens is 1. The van der Waals surface area contributed by atoms with E-state index in [2.05, 4.69) is 0 Å². The van der Waals surface area contributed by atoms with Gasteiger partial charge in [0.1, 0.15) is 18.1 Å². The molecular weight excluding hydrogens is 192 g/mol. The van der Waals surface area contributed by atoms with Crippen LogP contribution < -0.4 is 5.73 Å². The molecule has 72 valence electrons. The van der Waals surface area contributed by atoms with Crippen molar-refractivity contribution in [1.29, 1.82) is 5.26 Å². The molecule has 0 fully saturated rings. The van der Waals surface area contributed by atoms with Crippen LogP contribution in [0.1, 0.15) is 24.0 Å². The van der Waals surface area contributed by atoms with Crippen LogP contribution in [-0.4, -0.2) is 5.11 Å². The van der Waals surface area contributed by atoms with Crippen molar-refractivity contribution < 1.29 is 9.52 Å². The zero-order valence-corrected chi connectivity index (χ0v) is 7.75. The molecule has 4 nitrogen and oxygen atoms in total. The molecule has 3 N–H and O–H groups in total. The topological polar surface area (TPSA) is 83.2 Å². The van der Waals surface area contributed by atoms with Gasteiger partial charge in [-0.2, -0.15) is 5.26 Å². The first-order valence-corrected chi connectivity index (χ1v) is 3.60. The smallest absolute Gasteiger partial charge is 0.129 e. The van der Waals surface area contributed by atoms with Crippen molar-refractivity contribution in [3.05, 3.63) is 23.7 Å². The second-order valence-corrected chi connectivity index (χ2v) is 2.43. The maximum Gasteiger partial charge on any atom is 0.129 e. The normalized spacial score (nSPS) is 11.5. The fraction of sp³-hybridized carbons (Fsp3) is 0.375. The summed E-state index contributed by atoms with van der Waals surface area (Å²) in [6, 6.07) is 4.87. The highest BCUT2D eigenvalue weighted by Crippen LogP contribution is 2.16. The van der Waals surface area contributed by atoms with Crippen LogP contribution >= 0.6 is 12.4 Å². The summed E-state index contributed by atoms with van der Waals surface area (Å²) in [5.41, 5.74) is 5.58. The Bertz CT molecular complexity index is 293. The standard InChI is InChI=1S/C8H10N2O2.ClH/c9-4-3-7(10)8-2-1-6(5-11)12-8;/h1-2,7,11H,3,5,10H2;1H/t7-;/m0./s1. The number of rotatable bonds is 3. The molecule has 1 rings (SSSR count). The van der Waals surface area contributed by atoms with Crippen LogP contribution in [0.5, 0.6) is 0 Å². The predicted molar refractivity (Wildman–Crippen MR) is 49.0 cm³/mol. The lowest BCUT2D eigenvalue weighted by Crippen LogP contribution is -2.07. The minimum atomic E-state index is -0.393. The highest BCUT2D eigenvalue weighted by molar-refractivity contribution is 5.85. The maximum absolute atomic E-state index is 8.66. The van der Waals surface area contributed by atoms with E-state index in [9.17, 15) is 0 Å². The Hall–Kier alpha value is -1.02. The molecule has 0 saturated heterocycles. The number of aliphatic hydroxyl groups excluding tert-OH is 1. The first kappa shape index (κ1) is 12.0. The van der Waals surface area contributed by atoms with E-state index in [1.54, 1.807) is 12.1 Å². The lowest BCUT2D eigenvalue weighted by molar-refractivity contribution is 0.241. The van der Waals surface area contributed by atoms with Crippen molar-refractivity contribution in [2.24, 2.45) is 5.73 Å². The van der Waals surface area contributed by atoms with Gasteiger partial charge in [-0.3, -0.25) is 0 Å². The SMILES string of the molecule is Cl.N#CC[C@H](N)c1ccc(CO)o1. The Balaban J connectivity index is 0.00000144. The predicted octanol–water partition coefficient (Wildman–Crippen LogP) is 1.11. The summed E-state index contributed by atoms with van der Waals surface area (Å²) in [4.78, 5) is 0. The average Bonchev–Trinajstić information content (AvgIpc) is 2.52. The molecule has 0 aliphatic heterocycles. The number of nitriles is 1. The van der Waals surface area contributed by atoms with Gasteiger partial charge in [-0.1, -0.05) is 0 Å². The Morgan fingerprint density at radius 3 is 2.77 bits per heavy atom. The quantitative estimate of drug-likeness (QED) is 0.769. The monoisotopic (exact) mass is 202 g/mol. The molecule has 0 spiro atoms. The van der Waals surface area contributed by atoms with Crippen molar-refractivity contribution in [2.75, 3.05) is 0 Å². The molecular formula is C8H11ClN2O2. The van der Waals surface area contributed by atoms with Gasteiger partial charge >= 0.3 is 0 Å². The van der Waals surface area contributed by atoms with Crippen LogP contribution in [0.2, 0.25) is 0 Å². The molecule has 0 saturated carbocycles. The first-order chi connectivity index (χ1) is 5.77. The third-order valence-electron chi connectivity index (χ3n) is 1.51. The van der Waals surface area contributed by atoms with E-state index in [1.165, 1.54) is 0 Å². The van der Waals surface area contributed by atoms with E-state index in [1.807, 2.05) is 6.07 Å². The van der Waals surface area contributed by atoms with Gasteiger partial charge in [-0.15, -0.1) is 12.4 Å². The maximum atomic E-state index is 8.66. The molecule has 5 heteroatoms. The molecule has 0 bridgehead atoms. The van der Waals surface area contributed by atoms with Gasteiger partial charge in [0, 0.05) is 0 Å². The highest BCUT2D eigenvalue weighted by Gasteiger charge is 2.09. The molecule has 0 amide bonds. The number of hydrogen-bond acceptors (Lipinski definition) is 4. The van der Waals surface area contributed by atoms with Gasteiger partial charge in [0.15, 0.2) is 0 Å². The van der Waals surface area contributed by atoms with Crippen LogP contribution in [0, 0.1) is 11.3 Å². The van der Waals surface area contributed by atoms with Crippen molar-refractivity contribution in [1.82, 2.24) is 0 Å². The molecule has 1 aromatic rings. The van der Waals surface area contributed by atoms with Gasteiger partial charge in [0.25, 0.3) is 0 Å². The fourth-order valence-corrected chi connectivity index (χ4v) is 0.878. The van der Waals surface area contributed by atoms with E-state index in [4.69, 9.17) is 20.5 Å². The minimum absolute atomic E-state index is 0. The third-order valence-corrected chi connectivity index (χ3v) is 1.51. The Kier molecular flexibility index (Phi) is 5.16. The van der Waals surface area contributed by atoms with Gasteiger partial charge in [0.2, 0.25) is 0 Å². The third kappa shape index (κ3) is 3.07. The zero-order chi connectivity index (χ0) is 8.97. The molecule has 1 aromatic heterocycles. The van der Waals surface area contributed by atoms with Crippen molar-refractivity contribution in [3.8, 4) is 6.07 Å². The average molecular weight is 203 g/mol. The summed E-state index contributed by atoms with van der Waals surface area (Å²) in [6.07, 6.45) is 0.221. The first-order valence-electron chi connectivity index (χ1n) is 3.60. The summed E-state index contributed by atoms with van der Waals surface area (Å²) in [5.74, 6) is 1.01. The lowest BCUT2D eigenvalue weighted by Gasteiger charge is -2.01. The van der Waals surface area contributed by atoms with E-state index >= 15 is 0 Å². The van der Waals surface area contributed by atoms with Crippen molar-refractivity contribution in [3.63, 3.8) is 0 Å². The molecule has 1 heterocycles. The molecule has 0 aromatic carbocycles. The summed E-state index contributed by atoms with van der Waals surface area (Å²) >= 11 is 0. The number of aliphatic hydroxyl groups is 1. The molecule has 0 aliphatic carbocycles.